The first-order chi connectivity index (χ1) is 21.3. The Hall–Kier alpha value is -2.03. The Labute approximate surface area is 283 Å². The number of nitrogens with one attached hydrogen (secondary N) is 4. The summed E-state index contributed by atoms with van der Waals surface area (Å²) in [5.41, 5.74) is -1.48. The van der Waals surface area contributed by atoms with Gasteiger partial charge in [0.2, 0.25) is 17.7 Å². The lowest BCUT2D eigenvalue weighted by Gasteiger charge is -2.37. The molecule has 0 saturated heterocycles. The van der Waals surface area contributed by atoms with Crippen LogP contribution in [0.3, 0.4) is 0 Å². The summed E-state index contributed by atoms with van der Waals surface area (Å²) in [6.07, 6.45) is 3.07. The van der Waals surface area contributed by atoms with Crippen molar-refractivity contribution in [1.29, 1.82) is 0 Å². The zero-order valence-corrected chi connectivity index (χ0v) is 30.8. The molecule has 4 atom stereocenters. The molecule has 0 spiro atoms. The van der Waals surface area contributed by atoms with Crippen LogP contribution in [0.25, 0.3) is 0 Å². The summed E-state index contributed by atoms with van der Waals surface area (Å²) in [4.78, 5) is 61.2. The van der Waals surface area contributed by atoms with Crippen LogP contribution in [0.2, 0.25) is 0 Å². The third-order valence-electron chi connectivity index (χ3n) is 7.61. The van der Waals surface area contributed by atoms with E-state index >= 15 is 0 Å². The van der Waals surface area contributed by atoms with Gasteiger partial charge in [-0.05, 0) is 67.2 Å². The molecule has 266 valence electrons. The van der Waals surface area contributed by atoms with E-state index in [0.717, 1.165) is 12.8 Å². The second-order valence-electron chi connectivity index (χ2n) is 13.9. The number of carboxylic acids is 1. The lowest BCUT2D eigenvalue weighted by atomic mass is 9.88. The maximum Gasteiger partial charge on any atom is 0.327 e. The Bertz CT molecular complexity index is 1020. The summed E-state index contributed by atoms with van der Waals surface area (Å²) in [5, 5.41) is 21.8. The van der Waals surface area contributed by atoms with Gasteiger partial charge in [-0.3, -0.25) is 19.2 Å². The fraction of sp³-hybridized carbons (Fsp3) is 0.844. The normalized spacial score (nSPS) is 18.1. The monoisotopic (exact) mass is 690 g/mol. The molecule has 1 aliphatic rings. The Kier molecular flexibility index (Phi) is 18.0. The molecule has 1 rings (SSSR count). The highest BCUT2D eigenvalue weighted by Gasteiger charge is 2.35. The number of carbonyl (C=O) groups is 5. The topological polar surface area (TPSA) is 172 Å². The van der Waals surface area contributed by atoms with Crippen molar-refractivity contribution in [1.82, 2.24) is 21.3 Å². The smallest absolute Gasteiger partial charge is 0.327 e. The quantitative estimate of drug-likeness (QED) is 0.106. The maximum absolute atomic E-state index is 12.9. The fourth-order valence-corrected chi connectivity index (χ4v) is 7.69. The van der Waals surface area contributed by atoms with Crippen molar-refractivity contribution in [3.8, 4) is 0 Å². The average Bonchev–Trinajstić information content (AvgIpc) is 2.93. The van der Waals surface area contributed by atoms with Gasteiger partial charge in [0.1, 0.15) is 6.04 Å². The number of thioether (sulfide) groups is 2. The number of hydrogen-bond donors (Lipinski definition) is 5. The van der Waals surface area contributed by atoms with Gasteiger partial charge in [-0.15, -0.1) is 0 Å². The van der Waals surface area contributed by atoms with Gasteiger partial charge in [0.15, 0.2) is 0 Å². The predicted molar refractivity (Wildman–Crippen MR) is 184 cm³/mol. The fourth-order valence-electron chi connectivity index (χ4n) is 4.57. The summed E-state index contributed by atoms with van der Waals surface area (Å²) in [6, 6.07) is -1.47. The minimum Gasteiger partial charge on any atom is -0.480 e. The zero-order valence-electron chi connectivity index (χ0n) is 29.2. The molecular formula is C32H58N4O8S2. The van der Waals surface area contributed by atoms with Crippen LogP contribution < -0.4 is 21.3 Å². The van der Waals surface area contributed by atoms with E-state index in [1.807, 2.05) is 48.5 Å². The van der Waals surface area contributed by atoms with Crippen molar-refractivity contribution in [2.24, 2.45) is 5.41 Å². The SMILES string of the molecule is CCOC(=O)CCNC(=O)C(CSC1CCC1SCC(NC(=O)CCC(C)(C)OCCC(C)(C)C(=O)NC)C(=O)O)NC(C)(C)C. The minimum atomic E-state index is -1.08. The molecule has 3 amide bonds. The van der Waals surface area contributed by atoms with E-state index in [2.05, 4.69) is 21.3 Å². The highest BCUT2D eigenvalue weighted by atomic mass is 32.2. The van der Waals surface area contributed by atoms with E-state index in [1.54, 1.807) is 25.7 Å². The Morgan fingerprint density at radius 3 is 1.98 bits per heavy atom. The van der Waals surface area contributed by atoms with Gasteiger partial charge in [0.05, 0.1) is 24.7 Å². The molecule has 5 N–H and O–H groups in total. The number of amides is 3. The summed E-state index contributed by atoms with van der Waals surface area (Å²) in [6.45, 7) is 16.0. The maximum atomic E-state index is 12.9. The van der Waals surface area contributed by atoms with Crippen molar-refractivity contribution in [2.45, 2.75) is 128 Å². The van der Waals surface area contributed by atoms with Crippen LogP contribution in [0.5, 0.6) is 0 Å². The number of aliphatic carboxylic acids is 1. The van der Waals surface area contributed by atoms with E-state index in [1.165, 1.54) is 11.8 Å². The van der Waals surface area contributed by atoms with Crippen LogP contribution in [0.15, 0.2) is 0 Å². The van der Waals surface area contributed by atoms with E-state index in [9.17, 15) is 29.1 Å². The number of esters is 1. The standard InChI is InChI=1S/C32H58N4O8S2/c1-10-43-26(38)14-17-34-27(39)21(36-30(2,3)4)19-45-23-11-12-24(23)46-20-22(28(40)41)35-25(37)13-15-32(7,8)44-18-16-31(5,6)29(42)33-9/h21-24,36H,10-20H2,1-9H3,(H,33,42)(H,34,39)(H,35,37)(H,40,41). The number of rotatable bonds is 22. The average molecular weight is 691 g/mol. The van der Waals surface area contributed by atoms with Crippen LogP contribution >= 0.6 is 23.5 Å². The van der Waals surface area contributed by atoms with Gasteiger partial charge in [-0.2, -0.15) is 23.5 Å². The van der Waals surface area contributed by atoms with Crippen molar-refractivity contribution < 1.29 is 38.6 Å². The van der Waals surface area contributed by atoms with Crippen molar-refractivity contribution in [3.05, 3.63) is 0 Å². The van der Waals surface area contributed by atoms with Gasteiger partial charge in [0, 0.05) is 59.6 Å². The lowest BCUT2D eigenvalue weighted by molar-refractivity contribution is -0.143. The lowest BCUT2D eigenvalue weighted by Crippen LogP contribution is -2.53. The van der Waals surface area contributed by atoms with Crippen molar-refractivity contribution >= 4 is 53.2 Å². The molecule has 0 radical (unpaired) electrons. The Morgan fingerprint density at radius 2 is 1.48 bits per heavy atom. The molecule has 0 aromatic rings. The van der Waals surface area contributed by atoms with Crippen molar-refractivity contribution in [2.75, 3.05) is 38.3 Å². The van der Waals surface area contributed by atoms with Gasteiger partial charge >= 0.3 is 11.9 Å². The third kappa shape index (κ3) is 16.7. The first-order valence-electron chi connectivity index (χ1n) is 16.1. The summed E-state index contributed by atoms with van der Waals surface area (Å²) in [5.74, 6) is -1.24. The number of carboxylic acid groups (broad SMARTS) is 1. The number of carbonyl (C=O) groups excluding carboxylic acids is 4. The van der Waals surface area contributed by atoms with E-state index in [0.29, 0.717) is 31.8 Å². The van der Waals surface area contributed by atoms with Crippen LogP contribution in [-0.4, -0.2) is 107 Å². The molecule has 0 aromatic heterocycles. The third-order valence-corrected chi connectivity index (χ3v) is 10.8. The van der Waals surface area contributed by atoms with Crippen LogP contribution in [0, 0.1) is 5.41 Å². The summed E-state index contributed by atoms with van der Waals surface area (Å²) < 4.78 is 10.9. The molecule has 4 unspecified atom stereocenters. The van der Waals surface area contributed by atoms with E-state index < -0.39 is 29.1 Å². The molecule has 46 heavy (non-hydrogen) atoms. The Balaban J connectivity index is 2.56. The molecular weight excluding hydrogens is 633 g/mol. The van der Waals surface area contributed by atoms with E-state index in [4.69, 9.17) is 9.47 Å². The molecule has 14 heteroatoms. The van der Waals surface area contributed by atoms with Crippen molar-refractivity contribution in [3.63, 3.8) is 0 Å². The molecule has 12 nitrogen and oxygen atoms in total. The highest BCUT2D eigenvalue weighted by molar-refractivity contribution is 8.04. The summed E-state index contributed by atoms with van der Waals surface area (Å²) >= 11 is 3.22. The molecule has 1 saturated carbocycles. The zero-order chi connectivity index (χ0) is 35.1. The highest BCUT2D eigenvalue weighted by Crippen LogP contribution is 2.40. The molecule has 1 aliphatic carbocycles. The Morgan fingerprint density at radius 1 is 0.891 bits per heavy atom. The molecule has 1 fully saturated rings. The van der Waals surface area contributed by atoms with Crippen LogP contribution in [0.1, 0.15) is 93.9 Å². The van der Waals surface area contributed by atoms with Gasteiger partial charge in [0.25, 0.3) is 0 Å². The molecule has 0 heterocycles. The van der Waals surface area contributed by atoms with Crippen LogP contribution in [-0.2, 0) is 33.4 Å². The van der Waals surface area contributed by atoms with E-state index in [-0.39, 0.29) is 64.9 Å². The predicted octanol–water partition coefficient (Wildman–Crippen LogP) is 3.12. The largest absolute Gasteiger partial charge is 0.480 e. The van der Waals surface area contributed by atoms with Gasteiger partial charge in [-0.1, -0.05) is 13.8 Å². The first-order valence-corrected chi connectivity index (χ1v) is 18.2. The number of ether oxygens (including phenoxy) is 2. The second-order valence-corrected chi connectivity index (χ2v) is 16.4. The minimum absolute atomic E-state index is 0.0637. The van der Waals surface area contributed by atoms with Crippen LogP contribution in [0.4, 0.5) is 0 Å². The number of hydrogen-bond acceptors (Lipinski definition) is 10. The first kappa shape index (κ1) is 42.0. The molecule has 0 aliphatic heterocycles. The van der Waals surface area contributed by atoms with Gasteiger partial charge in [-0.25, -0.2) is 4.79 Å². The molecule has 0 bridgehead atoms. The second kappa shape index (κ2) is 19.7. The molecule has 0 aromatic carbocycles. The van der Waals surface area contributed by atoms with Gasteiger partial charge < -0.3 is 35.8 Å². The summed E-state index contributed by atoms with van der Waals surface area (Å²) in [7, 11) is 1.60.